The second kappa shape index (κ2) is 6.33. The molecule has 0 atom stereocenters. The number of benzene rings is 1. The molecular formula is C18H20N4O3. The van der Waals surface area contributed by atoms with E-state index in [9.17, 15) is 9.59 Å². The van der Waals surface area contributed by atoms with E-state index in [4.69, 9.17) is 4.74 Å². The molecule has 2 aromatic rings. The Labute approximate surface area is 145 Å². The lowest BCUT2D eigenvalue weighted by Gasteiger charge is -2.39. The summed E-state index contributed by atoms with van der Waals surface area (Å²) < 4.78 is 6.87. The van der Waals surface area contributed by atoms with Crippen LogP contribution in [-0.2, 0) is 16.1 Å². The Balaban J connectivity index is 1.43. The van der Waals surface area contributed by atoms with Crippen LogP contribution < -0.4 is 0 Å². The largest absolute Gasteiger partial charge is 0.384 e. The first-order chi connectivity index (χ1) is 12.2. The molecule has 1 aromatic carbocycles. The van der Waals surface area contributed by atoms with E-state index in [2.05, 4.69) is 5.10 Å². The van der Waals surface area contributed by atoms with Crippen molar-refractivity contribution in [3.63, 3.8) is 0 Å². The Morgan fingerprint density at radius 1 is 1.28 bits per heavy atom. The molecule has 0 saturated carbocycles. The molecule has 3 heterocycles. The van der Waals surface area contributed by atoms with E-state index < -0.39 is 0 Å². The quantitative estimate of drug-likeness (QED) is 0.812. The molecule has 2 aliphatic heterocycles. The molecule has 0 bridgehead atoms. The van der Waals surface area contributed by atoms with Gasteiger partial charge in [0.1, 0.15) is 6.54 Å². The third-order valence-corrected chi connectivity index (χ3v) is 4.77. The molecular weight excluding hydrogens is 320 g/mol. The van der Waals surface area contributed by atoms with E-state index >= 15 is 0 Å². The van der Waals surface area contributed by atoms with Gasteiger partial charge in [0.15, 0.2) is 0 Å². The SMILES string of the molecule is COCC1CN(C(=O)CN2Cc3c(cnn3-c3ccccc3)C2=O)C1. The molecule has 2 amide bonds. The minimum absolute atomic E-state index is 0.00919. The predicted octanol–water partition coefficient (Wildman–Crippen LogP) is 0.933. The Morgan fingerprint density at radius 3 is 2.76 bits per heavy atom. The van der Waals surface area contributed by atoms with Crippen molar-refractivity contribution >= 4 is 11.8 Å². The topological polar surface area (TPSA) is 67.7 Å². The zero-order valence-electron chi connectivity index (χ0n) is 14.1. The summed E-state index contributed by atoms with van der Waals surface area (Å²) >= 11 is 0. The van der Waals surface area contributed by atoms with Crippen molar-refractivity contribution in [2.24, 2.45) is 5.92 Å². The number of para-hydroxylation sites is 1. The molecule has 1 aromatic heterocycles. The lowest BCUT2D eigenvalue weighted by Crippen LogP contribution is -2.54. The first-order valence-corrected chi connectivity index (χ1v) is 8.35. The number of fused-ring (bicyclic) bond motifs is 1. The summed E-state index contributed by atoms with van der Waals surface area (Å²) in [5.74, 6) is 0.275. The molecule has 7 heteroatoms. The Hall–Kier alpha value is -2.67. The molecule has 7 nitrogen and oxygen atoms in total. The fraction of sp³-hybridized carbons (Fsp3) is 0.389. The average molecular weight is 340 g/mol. The van der Waals surface area contributed by atoms with Gasteiger partial charge in [0, 0.05) is 26.1 Å². The number of carbonyl (C=O) groups is 2. The number of hydrogen-bond acceptors (Lipinski definition) is 4. The molecule has 1 saturated heterocycles. The van der Waals surface area contributed by atoms with Crippen molar-refractivity contribution in [1.29, 1.82) is 0 Å². The third kappa shape index (κ3) is 2.80. The molecule has 130 valence electrons. The number of amides is 2. The molecule has 2 aliphatic rings. The van der Waals surface area contributed by atoms with Crippen LogP contribution >= 0.6 is 0 Å². The number of aromatic nitrogens is 2. The van der Waals surface area contributed by atoms with Crippen LogP contribution in [0.15, 0.2) is 36.5 Å². The monoisotopic (exact) mass is 340 g/mol. The van der Waals surface area contributed by atoms with Crippen molar-refractivity contribution in [1.82, 2.24) is 19.6 Å². The van der Waals surface area contributed by atoms with Gasteiger partial charge in [-0.3, -0.25) is 9.59 Å². The van der Waals surface area contributed by atoms with Crippen LogP contribution in [0.3, 0.4) is 0 Å². The summed E-state index contributed by atoms with van der Waals surface area (Å²) in [7, 11) is 1.67. The van der Waals surface area contributed by atoms with Crippen LogP contribution in [0.2, 0.25) is 0 Å². The van der Waals surface area contributed by atoms with E-state index in [1.807, 2.05) is 30.3 Å². The number of rotatable bonds is 5. The van der Waals surface area contributed by atoms with E-state index in [0.717, 1.165) is 11.4 Å². The third-order valence-electron chi connectivity index (χ3n) is 4.77. The summed E-state index contributed by atoms with van der Waals surface area (Å²) in [5, 5.41) is 4.32. The zero-order chi connectivity index (χ0) is 17.4. The van der Waals surface area contributed by atoms with E-state index in [-0.39, 0.29) is 18.4 Å². The standard InChI is InChI=1S/C18H20N4O3/c1-25-12-13-8-20(9-13)17(23)11-21-10-16-15(18(21)24)7-19-22(16)14-5-3-2-4-6-14/h2-7,13H,8-12H2,1H3. The highest BCUT2D eigenvalue weighted by Crippen LogP contribution is 2.25. The summed E-state index contributed by atoms with van der Waals surface area (Å²) in [6.45, 7) is 2.61. The van der Waals surface area contributed by atoms with E-state index in [1.165, 1.54) is 0 Å². The zero-order valence-corrected chi connectivity index (χ0v) is 14.1. The average Bonchev–Trinajstić information content (AvgIpc) is 3.12. The van der Waals surface area contributed by atoms with Crippen LogP contribution in [0.4, 0.5) is 0 Å². The van der Waals surface area contributed by atoms with Gasteiger partial charge in [0.2, 0.25) is 5.91 Å². The van der Waals surface area contributed by atoms with Crippen LogP contribution in [0, 0.1) is 5.92 Å². The van der Waals surface area contributed by atoms with E-state index in [0.29, 0.717) is 37.7 Å². The van der Waals surface area contributed by atoms with Crippen molar-refractivity contribution in [3.8, 4) is 5.69 Å². The molecule has 0 unspecified atom stereocenters. The van der Waals surface area contributed by atoms with Crippen molar-refractivity contribution in [2.75, 3.05) is 33.4 Å². The van der Waals surface area contributed by atoms with Gasteiger partial charge in [0.05, 0.1) is 36.3 Å². The van der Waals surface area contributed by atoms with Crippen LogP contribution in [-0.4, -0.2) is 64.7 Å². The Bertz CT molecular complexity index is 796. The Morgan fingerprint density at radius 2 is 2.04 bits per heavy atom. The fourth-order valence-corrected chi connectivity index (χ4v) is 3.42. The molecule has 4 rings (SSSR count). The number of ether oxygens (including phenoxy) is 1. The van der Waals surface area contributed by atoms with Gasteiger partial charge in [-0.1, -0.05) is 18.2 Å². The van der Waals surface area contributed by atoms with Gasteiger partial charge >= 0.3 is 0 Å². The van der Waals surface area contributed by atoms with Gasteiger partial charge < -0.3 is 14.5 Å². The Kier molecular flexibility index (Phi) is 4.01. The van der Waals surface area contributed by atoms with Crippen LogP contribution in [0.1, 0.15) is 16.1 Å². The van der Waals surface area contributed by atoms with Crippen molar-refractivity contribution < 1.29 is 14.3 Å². The minimum atomic E-state index is -0.125. The molecule has 0 spiro atoms. The maximum Gasteiger partial charge on any atom is 0.258 e. The summed E-state index contributed by atoms with van der Waals surface area (Å²) in [4.78, 5) is 28.3. The highest BCUT2D eigenvalue weighted by molar-refractivity contribution is 5.99. The van der Waals surface area contributed by atoms with Gasteiger partial charge in [-0.25, -0.2) is 4.68 Å². The number of carbonyl (C=O) groups excluding carboxylic acids is 2. The van der Waals surface area contributed by atoms with Crippen LogP contribution in [0.5, 0.6) is 0 Å². The number of likely N-dealkylation sites (tertiary alicyclic amines) is 1. The number of methoxy groups -OCH3 is 1. The lowest BCUT2D eigenvalue weighted by molar-refractivity contribution is -0.139. The van der Waals surface area contributed by atoms with Crippen molar-refractivity contribution in [3.05, 3.63) is 47.8 Å². The molecule has 0 radical (unpaired) electrons. The van der Waals surface area contributed by atoms with Gasteiger partial charge in [-0.15, -0.1) is 0 Å². The second-order valence-electron chi connectivity index (χ2n) is 6.53. The summed E-state index contributed by atoms with van der Waals surface area (Å²) in [6, 6.07) is 9.69. The lowest BCUT2D eigenvalue weighted by atomic mass is 10.0. The first kappa shape index (κ1) is 15.8. The van der Waals surface area contributed by atoms with E-state index in [1.54, 1.807) is 27.8 Å². The van der Waals surface area contributed by atoms with Gasteiger partial charge in [0.25, 0.3) is 5.91 Å². The number of nitrogens with zero attached hydrogens (tertiary/aromatic N) is 4. The second-order valence-corrected chi connectivity index (χ2v) is 6.53. The molecule has 25 heavy (non-hydrogen) atoms. The summed E-state index contributed by atoms with van der Waals surface area (Å²) in [6.07, 6.45) is 1.59. The van der Waals surface area contributed by atoms with Gasteiger partial charge in [-0.05, 0) is 12.1 Å². The van der Waals surface area contributed by atoms with Crippen LogP contribution in [0.25, 0.3) is 5.69 Å². The first-order valence-electron chi connectivity index (χ1n) is 8.35. The molecule has 1 fully saturated rings. The maximum absolute atomic E-state index is 12.6. The van der Waals surface area contributed by atoms with Crippen molar-refractivity contribution in [2.45, 2.75) is 6.54 Å². The summed E-state index contributed by atoms with van der Waals surface area (Å²) in [5.41, 5.74) is 2.33. The normalized spacial score (nSPS) is 16.9. The smallest absolute Gasteiger partial charge is 0.258 e. The molecule has 0 N–H and O–H groups in total. The minimum Gasteiger partial charge on any atom is -0.384 e. The predicted molar refractivity (Wildman–Crippen MR) is 90.3 cm³/mol. The van der Waals surface area contributed by atoms with Gasteiger partial charge in [-0.2, -0.15) is 5.10 Å². The fourth-order valence-electron chi connectivity index (χ4n) is 3.42. The highest BCUT2D eigenvalue weighted by atomic mass is 16.5. The maximum atomic E-state index is 12.6. The number of hydrogen-bond donors (Lipinski definition) is 0. The molecule has 0 aliphatic carbocycles. The highest BCUT2D eigenvalue weighted by Gasteiger charge is 2.36.